The predicted octanol–water partition coefficient (Wildman–Crippen LogP) is 5.13. The van der Waals surface area contributed by atoms with E-state index in [2.05, 4.69) is 0 Å². The average molecular weight is 269 g/mol. The van der Waals surface area contributed by atoms with Crippen molar-refractivity contribution in [2.24, 2.45) is 0 Å². The second kappa shape index (κ2) is 5.11. The van der Waals surface area contributed by atoms with Gasteiger partial charge in [0.15, 0.2) is 0 Å². The highest BCUT2D eigenvalue weighted by Gasteiger charge is 2.31. The van der Waals surface area contributed by atoms with Crippen LogP contribution in [0.5, 0.6) is 0 Å². The molecule has 0 unspecified atom stereocenters. The van der Waals surface area contributed by atoms with Crippen LogP contribution in [0.3, 0.4) is 0 Å². The van der Waals surface area contributed by atoms with Crippen LogP contribution >= 0.6 is 23.2 Å². The lowest BCUT2D eigenvalue weighted by molar-refractivity contribution is -0.137. The van der Waals surface area contributed by atoms with Gasteiger partial charge in [0.05, 0.1) is 5.56 Å². The van der Waals surface area contributed by atoms with Crippen LogP contribution in [0.4, 0.5) is 13.2 Å². The molecule has 0 fully saturated rings. The fourth-order valence-corrected chi connectivity index (χ4v) is 1.84. The monoisotopic (exact) mass is 268 g/mol. The third-order valence-electron chi connectivity index (χ3n) is 2.03. The Kier molecular flexibility index (Phi) is 4.28. The summed E-state index contributed by atoms with van der Waals surface area (Å²) in [6.45, 7) is 1.81. The zero-order valence-electron chi connectivity index (χ0n) is 8.41. The average Bonchev–Trinajstić information content (AvgIpc) is 2.15. The summed E-state index contributed by atoms with van der Waals surface area (Å²) in [6, 6.07) is 1.79. The van der Waals surface area contributed by atoms with Gasteiger partial charge in [-0.15, -0.1) is 0 Å². The molecule has 1 aromatic rings. The van der Waals surface area contributed by atoms with Crippen LogP contribution in [-0.4, -0.2) is 0 Å². The van der Waals surface area contributed by atoms with Crippen molar-refractivity contribution >= 4 is 23.2 Å². The highest BCUT2D eigenvalue weighted by molar-refractivity contribution is 6.36. The molecular weight excluding hydrogens is 260 g/mol. The molecule has 0 nitrogen and oxygen atoms in total. The quantitative estimate of drug-likeness (QED) is 0.653. The van der Waals surface area contributed by atoms with Crippen molar-refractivity contribution in [3.05, 3.63) is 45.5 Å². The number of alkyl halides is 3. The molecule has 0 radical (unpaired) electrons. The van der Waals surface area contributed by atoms with Gasteiger partial charge < -0.3 is 0 Å². The smallest absolute Gasteiger partial charge is 0.166 e. The Bertz CT molecular complexity index is 385. The molecule has 0 saturated heterocycles. The van der Waals surface area contributed by atoms with Gasteiger partial charge in [-0.05, 0) is 31.0 Å². The third-order valence-corrected chi connectivity index (χ3v) is 2.70. The number of benzene rings is 1. The Morgan fingerprint density at radius 1 is 1.19 bits per heavy atom. The van der Waals surface area contributed by atoms with Crippen LogP contribution in [0.2, 0.25) is 10.0 Å². The van der Waals surface area contributed by atoms with Gasteiger partial charge in [-0.3, -0.25) is 0 Å². The number of hydrogen-bond acceptors (Lipinski definition) is 0. The van der Waals surface area contributed by atoms with Crippen LogP contribution in [0, 0.1) is 0 Å². The number of allylic oxidation sites excluding steroid dienone is 2. The third kappa shape index (κ3) is 3.16. The standard InChI is InChI=1S/C11H9Cl2F3/c1-2-3-4-8-9(12)5-7(6-10(8)13)11(14,15)16/h2-3,5-6H,4H2,1H3. The molecule has 0 heterocycles. The predicted molar refractivity (Wildman–Crippen MR) is 60.0 cm³/mol. The fraction of sp³-hybridized carbons (Fsp3) is 0.273. The molecule has 1 rings (SSSR count). The van der Waals surface area contributed by atoms with Crippen molar-refractivity contribution in [2.45, 2.75) is 19.5 Å². The van der Waals surface area contributed by atoms with Crippen LogP contribution in [0.25, 0.3) is 0 Å². The van der Waals surface area contributed by atoms with Gasteiger partial charge in [0, 0.05) is 10.0 Å². The van der Waals surface area contributed by atoms with Crippen molar-refractivity contribution in [2.75, 3.05) is 0 Å². The van der Waals surface area contributed by atoms with E-state index in [0.29, 0.717) is 12.0 Å². The van der Waals surface area contributed by atoms with Gasteiger partial charge in [-0.1, -0.05) is 35.4 Å². The molecule has 0 N–H and O–H groups in total. The number of rotatable bonds is 2. The zero-order chi connectivity index (χ0) is 12.3. The molecule has 0 aromatic heterocycles. The SMILES string of the molecule is CC=CCc1c(Cl)cc(C(F)(F)F)cc1Cl. The summed E-state index contributed by atoms with van der Waals surface area (Å²) < 4.78 is 37.2. The summed E-state index contributed by atoms with van der Waals surface area (Å²) in [7, 11) is 0. The first-order chi connectivity index (χ1) is 7.36. The molecular formula is C11H9Cl2F3. The van der Waals surface area contributed by atoms with E-state index in [0.717, 1.165) is 12.1 Å². The van der Waals surface area contributed by atoms with Gasteiger partial charge in [0.25, 0.3) is 0 Å². The normalized spacial score (nSPS) is 12.4. The number of halogens is 5. The molecule has 0 amide bonds. The Morgan fingerprint density at radius 2 is 1.69 bits per heavy atom. The minimum absolute atomic E-state index is 0.0397. The highest BCUT2D eigenvalue weighted by Crippen LogP contribution is 2.36. The topological polar surface area (TPSA) is 0 Å². The van der Waals surface area contributed by atoms with Crippen molar-refractivity contribution < 1.29 is 13.2 Å². The van der Waals surface area contributed by atoms with E-state index in [1.807, 2.05) is 6.92 Å². The van der Waals surface area contributed by atoms with E-state index in [9.17, 15) is 13.2 Å². The Labute approximate surface area is 102 Å². The molecule has 16 heavy (non-hydrogen) atoms. The lowest BCUT2D eigenvalue weighted by atomic mass is 10.1. The van der Waals surface area contributed by atoms with Gasteiger partial charge in [-0.2, -0.15) is 13.2 Å². The molecule has 0 bridgehead atoms. The van der Waals surface area contributed by atoms with E-state index < -0.39 is 11.7 Å². The van der Waals surface area contributed by atoms with Crippen LogP contribution in [-0.2, 0) is 12.6 Å². The lowest BCUT2D eigenvalue weighted by Crippen LogP contribution is -2.05. The van der Waals surface area contributed by atoms with Crippen molar-refractivity contribution in [1.29, 1.82) is 0 Å². The molecule has 88 valence electrons. The van der Waals surface area contributed by atoms with Gasteiger partial charge in [0.1, 0.15) is 0 Å². The van der Waals surface area contributed by atoms with Gasteiger partial charge >= 0.3 is 6.18 Å². The van der Waals surface area contributed by atoms with E-state index in [4.69, 9.17) is 23.2 Å². The first-order valence-electron chi connectivity index (χ1n) is 4.52. The summed E-state index contributed by atoms with van der Waals surface area (Å²) in [5, 5.41) is 0.0795. The number of hydrogen-bond donors (Lipinski definition) is 0. The largest absolute Gasteiger partial charge is 0.416 e. The van der Waals surface area contributed by atoms with Crippen molar-refractivity contribution in [3.63, 3.8) is 0 Å². The van der Waals surface area contributed by atoms with E-state index in [-0.39, 0.29) is 10.0 Å². The second-order valence-electron chi connectivity index (χ2n) is 3.19. The molecule has 0 aliphatic rings. The first-order valence-corrected chi connectivity index (χ1v) is 5.28. The fourth-order valence-electron chi connectivity index (χ4n) is 1.20. The molecule has 0 aliphatic heterocycles. The van der Waals surface area contributed by atoms with Crippen LogP contribution in [0.15, 0.2) is 24.3 Å². The first kappa shape index (κ1) is 13.4. The highest BCUT2D eigenvalue weighted by atomic mass is 35.5. The molecule has 0 aliphatic carbocycles. The summed E-state index contributed by atoms with van der Waals surface area (Å²) in [5.74, 6) is 0. The van der Waals surface area contributed by atoms with E-state index >= 15 is 0 Å². The Hall–Kier alpha value is -0.670. The lowest BCUT2D eigenvalue weighted by Gasteiger charge is -2.11. The van der Waals surface area contributed by atoms with Gasteiger partial charge in [0.2, 0.25) is 0 Å². The summed E-state index contributed by atoms with van der Waals surface area (Å²) >= 11 is 11.5. The Morgan fingerprint density at radius 3 is 2.06 bits per heavy atom. The maximum Gasteiger partial charge on any atom is 0.416 e. The summed E-state index contributed by atoms with van der Waals surface area (Å²) in [5.41, 5.74) is -0.318. The molecule has 0 atom stereocenters. The molecule has 0 saturated carbocycles. The minimum Gasteiger partial charge on any atom is -0.166 e. The second-order valence-corrected chi connectivity index (χ2v) is 4.00. The summed E-state index contributed by atoms with van der Waals surface area (Å²) in [4.78, 5) is 0. The summed E-state index contributed by atoms with van der Waals surface area (Å²) in [6.07, 6.45) is -0.441. The maximum atomic E-state index is 12.4. The molecule has 5 heteroatoms. The van der Waals surface area contributed by atoms with E-state index in [1.54, 1.807) is 12.2 Å². The minimum atomic E-state index is -4.42. The van der Waals surface area contributed by atoms with Crippen LogP contribution < -0.4 is 0 Å². The van der Waals surface area contributed by atoms with Gasteiger partial charge in [-0.25, -0.2) is 0 Å². The molecule has 0 spiro atoms. The van der Waals surface area contributed by atoms with Crippen molar-refractivity contribution in [1.82, 2.24) is 0 Å². The zero-order valence-corrected chi connectivity index (χ0v) is 9.92. The van der Waals surface area contributed by atoms with E-state index in [1.165, 1.54) is 0 Å². The Balaban J connectivity index is 3.17. The van der Waals surface area contributed by atoms with Crippen molar-refractivity contribution in [3.8, 4) is 0 Å². The maximum absolute atomic E-state index is 12.4. The van der Waals surface area contributed by atoms with Crippen LogP contribution in [0.1, 0.15) is 18.1 Å². The molecule has 1 aromatic carbocycles.